The monoisotopic (exact) mass is 377 g/mol. The van der Waals surface area contributed by atoms with Gasteiger partial charge in [-0.1, -0.05) is 59.3 Å². The molecule has 0 saturated carbocycles. The molecule has 2 aromatic heterocycles. The van der Waals surface area contributed by atoms with Gasteiger partial charge in [0.25, 0.3) is 0 Å². The number of nitrogens with zero attached hydrogens (tertiary/aromatic N) is 4. The molecular weight excluding hydrogens is 358 g/mol. The molecule has 0 saturated heterocycles. The van der Waals surface area contributed by atoms with Crippen LogP contribution in [-0.4, -0.2) is 25.4 Å². The van der Waals surface area contributed by atoms with E-state index in [0.717, 1.165) is 17.0 Å². The maximum absolute atomic E-state index is 5.84. The Balaban J connectivity index is 1.47. The second kappa shape index (κ2) is 7.36. The largest absolute Gasteiger partial charge is 0.419 e. The van der Waals surface area contributed by atoms with Crippen LogP contribution in [0.3, 0.4) is 0 Å². The first kappa shape index (κ1) is 17.5. The molecule has 1 N–H and O–H groups in total. The van der Waals surface area contributed by atoms with E-state index in [4.69, 9.17) is 4.42 Å². The molecule has 136 valence electrons. The van der Waals surface area contributed by atoms with Crippen molar-refractivity contribution in [3.63, 3.8) is 0 Å². The van der Waals surface area contributed by atoms with Crippen molar-refractivity contribution in [3.05, 3.63) is 65.5 Å². The van der Waals surface area contributed by atoms with Crippen LogP contribution in [0.25, 0.3) is 22.8 Å². The predicted molar refractivity (Wildman–Crippen MR) is 105 cm³/mol. The van der Waals surface area contributed by atoms with Gasteiger partial charge in [-0.25, -0.2) is 4.98 Å². The second-order valence-corrected chi connectivity index (χ2v) is 7.71. The average molecular weight is 377 g/mol. The van der Waals surface area contributed by atoms with E-state index in [1.54, 1.807) is 0 Å². The van der Waals surface area contributed by atoms with Crippen LogP contribution in [0.2, 0.25) is 0 Å². The molecular formula is C20H19N5OS. The average Bonchev–Trinajstić information content (AvgIpc) is 3.33. The summed E-state index contributed by atoms with van der Waals surface area (Å²) in [6.45, 7) is 6.10. The number of H-pyrrole nitrogens is 1. The molecule has 4 rings (SSSR count). The number of rotatable bonds is 5. The summed E-state index contributed by atoms with van der Waals surface area (Å²) in [5.41, 5.74) is 4.32. The zero-order valence-electron chi connectivity index (χ0n) is 15.3. The molecule has 2 heterocycles. The van der Waals surface area contributed by atoms with Crippen molar-refractivity contribution < 1.29 is 4.42 Å². The Morgan fingerprint density at radius 2 is 1.52 bits per heavy atom. The fraction of sp³-hybridized carbons (Fsp3) is 0.200. The molecule has 27 heavy (non-hydrogen) atoms. The van der Waals surface area contributed by atoms with Crippen LogP contribution in [0, 0.1) is 13.8 Å². The van der Waals surface area contributed by atoms with Crippen molar-refractivity contribution >= 4 is 11.8 Å². The van der Waals surface area contributed by atoms with Crippen LogP contribution in [-0.2, 0) is 0 Å². The van der Waals surface area contributed by atoms with E-state index in [1.807, 2.05) is 50.2 Å². The van der Waals surface area contributed by atoms with Gasteiger partial charge in [-0.2, -0.15) is 0 Å². The molecule has 0 unspecified atom stereocenters. The number of aromatic amines is 1. The maximum Gasteiger partial charge on any atom is 0.247 e. The van der Waals surface area contributed by atoms with Gasteiger partial charge >= 0.3 is 0 Å². The minimum Gasteiger partial charge on any atom is -0.419 e. The topological polar surface area (TPSA) is 80.5 Å². The summed E-state index contributed by atoms with van der Waals surface area (Å²) in [6, 6.07) is 16.2. The van der Waals surface area contributed by atoms with E-state index in [-0.39, 0.29) is 5.25 Å². The van der Waals surface area contributed by atoms with Crippen LogP contribution in [0.5, 0.6) is 0 Å². The summed E-state index contributed by atoms with van der Waals surface area (Å²) in [4.78, 5) is 4.56. The van der Waals surface area contributed by atoms with Gasteiger partial charge in [-0.05, 0) is 32.9 Å². The predicted octanol–water partition coefficient (Wildman–Crippen LogP) is 4.99. The van der Waals surface area contributed by atoms with Crippen LogP contribution in [0.15, 0.2) is 58.1 Å². The summed E-state index contributed by atoms with van der Waals surface area (Å²) in [5, 5.41) is 16.2. The maximum atomic E-state index is 5.84. The normalized spacial score (nSPS) is 12.3. The highest BCUT2D eigenvalue weighted by Gasteiger charge is 2.18. The van der Waals surface area contributed by atoms with E-state index in [1.165, 1.54) is 22.9 Å². The summed E-state index contributed by atoms with van der Waals surface area (Å²) in [6.07, 6.45) is 0. The molecule has 4 aromatic rings. The lowest BCUT2D eigenvalue weighted by Crippen LogP contribution is -1.89. The highest BCUT2D eigenvalue weighted by molar-refractivity contribution is 7.99. The van der Waals surface area contributed by atoms with Crippen molar-refractivity contribution in [2.24, 2.45) is 0 Å². The third kappa shape index (κ3) is 3.93. The molecule has 1 atom stereocenters. The number of aromatic nitrogens is 5. The standard InChI is InChI=1S/C20H19N5OS/c1-12-4-8-15(9-5-12)17-21-20(25-22-17)27-14(3)18-23-24-19(26-18)16-10-6-13(2)7-11-16/h4-11,14H,1-3H3,(H,21,22,25)/t14-/m0/s1. The molecule has 0 aliphatic heterocycles. The van der Waals surface area contributed by atoms with E-state index >= 15 is 0 Å². The Hall–Kier alpha value is -2.93. The Kier molecular flexibility index (Phi) is 4.77. The molecule has 0 spiro atoms. The van der Waals surface area contributed by atoms with Crippen LogP contribution < -0.4 is 0 Å². The Labute approximate surface area is 161 Å². The minimum absolute atomic E-state index is 0.0571. The number of hydrogen-bond donors (Lipinski definition) is 1. The van der Waals surface area contributed by atoms with Crippen LogP contribution >= 0.6 is 11.8 Å². The fourth-order valence-electron chi connectivity index (χ4n) is 2.56. The molecule has 6 nitrogen and oxygen atoms in total. The fourth-order valence-corrected chi connectivity index (χ4v) is 3.31. The van der Waals surface area contributed by atoms with E-state index < -0.39 is 0 Å². The highest BCUT2D eigenvalue weighted by atomic mass is 32.2. The first-order chi connectivity index (χ1) is 13.1. The minimum atomic E-state index is -0.0571. The third-order valence-corrected chi connectivity index (χ3v) is 5.11. The van der Waals surface area contributed by atoms with Crippen molar-refractivity contribution in [2.75, 3.05) is 0 Å². The van der Waals surface area contributed by atoms with E-state index in [0.29, 0.717) is 16.9 Å². The molecule has 2 aromatic carbocycles. The SMILES string of the molecule is Cc1ccc(-c2nc(S[C@@H](C)c3nnc(-c4ccc(C)cc4)o3)n[nH]2)cc1. The number of hydrogen-bond acceptors (Lipinski definition) is 6. The first-order valence-electron chi connectivity index (χ1n) is 8.65. The van der Waals surface area contributed by atoms with Gasteiger partial charge < -0.3 is 4.42 Å². The molecule has 0 bridgehead atoms. The quantitative estimate of drug-likeness (QED) is 0.493. The number of thioether (sulfide) groups is 1. The van der Waals surface area contributed by atoms with E-state index in [2.05, 4.69) is 44.4 Å². The number of benzene rings is 2. The number of nitrogens with one attached hydrogen (secondary N) is 1. The van der Waals surface area contributed by atoms with Gasteiger partial charge in [0.15, 0.2) is 5.82 Å². The summed E-state index contributed by atoms with van der Waals surface area (Å²) in [5.74, 6) is 1.82. The summed E-state index contributed by atoms with van der Waals surface area (Å²) in [7, 11) is 0. The molecule has 0 aliphatic carbocycles. The third-order valence-electron chi connectivity index (χ3n) is 4.16. The lowest BCUT2D eigenvalue weighted by Gasteiger charge is -2.02. The smallest absolute Gasteiger partial charge is 0.247 e. The highest BCUT2D eigenvalue weighted by Crippen LogP contribution is 2.34. The first-order valence-corrected chi connectivity index (χ1v) is 9.53. The van der Waals surface area contributed by atoms with Gasteiger partial charge in [-0.3, -0.25) is 5.10 Å². The van der Waals surface area contributed by atoms with Crippen LogP contribution in [0.4, 0.5) is 0 Å². The zero-order chi connectivity index (χ0) is 18.8. The Morgan fingerprint density at radius 3 is 2.19 bits per heavy atom. The van der Waals surface area contributed by atoms with Crippen molar-refractivity contribution in [1.29, 1.82) is 0 Å². The Bertz CT molecular complexity index is 1040. The molecule has 0 radical (unpaired) electrons. The molecule has 0 amide bonds. The Morgan fingerprint density at radius 1 is 0.889 bits per heavy atom. The van der Waals surface area contributed by atoms with Crippen molar-refractivity contribution in [3.8, 4) is 22.8 Å². The van der Waals surface area contributed by atoms with Gasteiger partial charge in [0.2, 0.25) is 16.9 Å². The summed E-state index contributed by atoms with van der Waals surface area (Å²) >= 11 is 1.48. The lowest BCUT2D eigenvalue weighted by atomic mass is 10.1. The lowest BCUT2D eigenvalue weighted by molar-refractivity contribution is 0.509. The summed E-state index contributed by atoms with van der Waals surface area (Å²) < 4.78 is 5.84. The molecule has 0 fully saturated rings. The number of aryl methyl sites for hydroxylation is 2. The molecule has 0 aliphatic rings. The van der Waals surface area contributed by atoms with E-state index in [9.17, 15) is 0 Å². The van der Waals surface area contributed by atoms with Crippen molar-refractivity contribution in [2.45, 2.75) is 31.2 Å². The van der Waals surface area contributed by atoms with Gasteiger partial charge in [0.1, 0.15) is 0 Å². The second-order valence-electron chi connectivity index (χ2n) is 6.40. The zero-order valence-corrected chi connectivity index (χ0v) is 16.1. The van der Waals surface area contributed by atoms with Gasteiger partial charge in [0.05, 0.1) is 5.25 Å². The van der Waals surface area contributed by atoms with Crippen LogP contribution in [0.1, 0.15) is 29.2 Å². The molecule has 7 heteroatoms. The van der Waals surface area contributed by atoms with Gasteiger partial charge in [-0.15, -0.1) is 15.3 Å². The van der Waals surface area contributed by atoms with Gasteiger partial charge in [0, 0.05) is 11.1 Å². The van der Waals surface area contributed by atoms with Crippen molar-refractivity contribution in [1.82, 2.24) is 25.4 Å².